The van der Waals surface area contributed by atoms with Crippen molar-refractivity contribution in [3.63, 3.8) is 0 Å². The fourth-order valence-electron chi connectivity index (χ4n) is 4.54. The highest BCUT2D eigenvalue weighted by Gasteiger charge is 2.46. The Hall–Kier alpha value is -1.68. The lowest BCUT2D eigenvalue weighted by Crippen LogP contribution is -2.44. The van der Waals surface area contributed by atoms with Crippen LogP contribution in [0.15, 0.2) is 29.4 Å². The lowest BCUT2D eigenvalue weighted by Gasteiger charge is -2.49. The summed E-state index contributed by atoms with van der Waals surface area (Å²) in [5.74, 6) is 0.188. The van der Waals surface area contributed by atoms with E-state index in [9.17, 15) is 4.79 Å². The Labute approximate surface area is 144 Å². The molecule has 1 aromatic rings. The summed E-state index contributed by atoms with van der Waals surface area (Å²) in [5, 5.41) is 4.18. The minimum absolute atomic E-state index is 0.180. The molecule has 4 heteroatoms. The van der Waals surface area contributed by atoms with Gasteiger partial charge in [-0.15, -0.1) is 0 Å². The van der Waals surface area contributed by atoms with E-state index in [4.69, 9.17) is 9.57 Å². The van der Waals surface area contributed by atoms with Crippen molar-refractivity contribution < 1.29 is 14.4 Å². The summed E-state index contributed by atoms with van der Waals surface area (Å²) in [6.45, 7) is 5.01. The molecule has 2 aliphatic carbocycles. The van der Waals surface area contributed by atoms with Gasteiger partial charge in [0.15, 0.2) is 0 Å². The summed E-state index contributed by atoms with van der Waals surface area (Å²) < 4.78 is 5.70. The molecule has 0 spiro atoms. The molecule has 0 unspecified atom stereocenters. The fraction of sp³-hybridized carbons (Fsp3) is 0.600. The molecule has 1 saturated carbocycles. The lowest BCUT2D eigenvalue weighted by molar-refractivity contribution is -0.140. The van der Waals surface area contributed by atoms with Crippen molar-refractivity contribution in [2.45, 2.75) is 57.8 Å². The van der Waals surface area contributed by atoms with Crippen LogP contribution in [-0.4, -0.2) is 24.9 Å². The van der Waals surface area contributed by atoms with Crippen LogP contribution in [0, 0.1) is 5.92 Å². The molecule has 0 amide bonds. The number of benzene rings is 1. The SMILES string of the molecule is CCOCC[C@@]12CCCC[C@@H]1C/C(=N\OC(C)=O)c1ccccc12. The van der Waals surface area contributed by atoms with Gasteiger partial charge in [-0.1, -0.05) is 42.3 Å². The van der Waals surface area contributed by atoms with Crippen molar-refractivity contribution in [2.24, 2.45) is 11.1 Å². The van der Waals surface area contributed by atoms with Crippen LogP contribution >= 0.6 is 0 Å². The van der Waals surface area contributed by atoms with Crippen molar-refractivity contribution in [1.29, 1.82) is 0 Å². The van der Waals surface area contributed by atoms with Gasteiger partial charge in [-0.2, -0.15) is 0 Å². The van der Waals surface area contributed by atoms with Crippen molar-refractivity contribution in [2.75, 3.05) is 13.2 Å². The van der Waals surface area contributed by atoms with E-state index in [0.29, 0.717) is 5.92 Å². The van der Waals surface area contributed by atoms with E-state index < -0.39 is 0 Å². The second-order valence-electron chi connectivity index (χ2n) is 6.92. The summed E-state index contributed by atoms with van der Waals surface area (Å²) in [6, 6.07) is 8.51. The Morgan fingerprint density at radius 3 is 2.96 bits per heavy atom. The Morgan fingerprint density at radius 2 is 2.17 bits per heavy atom. The van der Waals surface area contributed by atoms with Gasteiger partial charge >= 0.3 is 5.97 Å². The number of hydrogen-bond donors (Lipinski definition) is 0. The number of hydrogen-bond acceptors (Lipinski definition) is 4. The molecule has 0 aliphatic heterocycles. The monoisotopic (exact) mass is 329 g/mol. The first kappa shape index (κ1) is 17.2. The van der Waals surface area contributed by atoms with Gasteiger partial charge in [-0.3, -0.25) is 0 Å². The topological polar surface area (TPSA) is 47.9 Å². The number of carbonyl (C=O) groups excluding carboxylic acids is 1. The van der Waals surface area contributed by atoms with E-state index in [2.05, 4.69) is 30.3 Å². The van der Waals surface area contributed by atoms with Crippen LogP contribution in [-0.2, 0) is 19.8 Å². The van der Waals surface area contributed by atoms with Crippen molar-refractivity contribution in [3.8, 4) is 0 Å². The summed E-state index contributed by atoms with van der Waals surface area (Å²) in [4.78, 5) is 16.1. The molecule has 0 N–H and O–H groups in total. The van der Waals surface area contributed by atoms with Crippen LogP contribution in [0.1, 0.15) is 63.5 Å². The predicted molar refractivity (Wildman–Crippen MR) is 94.1 cm³/mol. The van der Waals surface area contributed by atoms with Crippen molar-refractivity contribution >= 4 is 11.7 Å². The molecule has 0 radical (unpaired) electrons. The molecule has 0 bridgehead atoms. The Morgan fingerprint density at radius 1 is 1.33 bits per heavy atom. The Kier molecular flexibility index (Phi) is 5.34. The zero-order chi connectivity index (χ0) is 17.0. The second-order valence-corrected chi connectivity index (χ2v) is 6.92. The average Bonchev–Trinajstić information content (AvgIpc) is 2.60. The highest BCUT2D eigenvalue weighted by atomic mass is 16.7. The zero-order valence-corrected chi connectivity index (χ0v) is 14.7. The van der Waals surface area contributed by atoms with Crippen LogP contribution in [0.4, 0.5) is 0 Å². The number of rotatable bonds is 5. The van der Waals surface area contributed by atoms with E-state index in [1.165, 1.54) is 38.2 Å². The number of carbonyl (C=O) groups is 1. The maximum absolute atomic E-state index is 11.2. The molecule has 130 valence electrons. The zero-order valence-electron chi connectivity index (χ0n) is 14.7. The van der Waals surface area contributed by atoms with E-state index >= 15 is 0 Å². The minimum atomic E-state index is -0.364. The average molecular weight is 329 g/mol. The Balaban J connectivity index is 2.00. The summed E-state index contributed by atoms with van der Waals surface area (Å²) in [5.41, 5.74) is 3.61. The van der Waals surface area contributed by atoms with Gasteiger partial charge < -0.3 is 9.57 Å². The number of ether oxygens (including phenoxy) is 1. The molecule has 4 nitrogen and oxygen atoms in total. The highest BCUT2D eigenvalue weighted by Crippen LogP contribution is 2.52. The molecule has 24 heavy (non-hydrogen) atoms. The van der Waals surface area contributed by atoms with Gasteiger partial charge in [0.2, 0.25) is 0 Å². The van der Waals surface area contributed by atoms with Crippen molar-refractivity contribution in [3.05, 3.63) is 35.4 Å². The quantitative estimate of drug-likeness (QED) is 0.462. The molecule has 0 saturated heterocycles. The maximum Gasteiger partial charge on any atom is 0.331 e. The third-order valence-electron chi connectivity index (χ3n) is 5.60. The standard InChI is InChI=1S/C20H27NO3/c1-3-23-13-12-20-11-7-6-8-16(20)14-19(21-24-15(2)22)17-9-4-5-10-18(17)20/h4-5,9-10,16H,3,6-8,11-14H2,1-2H3/b21-19+/t16-,20+/m1/s1. The van der Waals surface area contributed by atoms with Crippen LogP contribution < -0.4 is 0 Å². The van der Waals surface area contributed by atoms with Crippen LogP contribution in [0.5, 0.6) is 0 Å². The molecular weight excluding hydrogens is 302 g/mol. The first-order chi connectivity index (χ1) is 11.7. The van der Waals surface area contributed by atoms with E-state index in [1.54, 1.807) is 0 Å². The molecule has 2 atom stereocenters. The maximum atomic E-state index is 11.2. The molecule has 0 aromatic heterocycles. The third kappa shape index (κ3) is 3.25. The van der Waals surface area contributed by atoms with Gasteiger partial charge in [0.1, 0.15) is 0 Å². The number of fused-ring (bicyclic) bond motifs is 3. The third-order valence-corrected chi connectivity index (χ3v) is 5.60. The summed E-state index contributed by atoms with van der Waals surface area (Å²) >= 11 is 0. The van der Waals surface area contributed by atoms with E-state index in [-0.39, 0.29) is 11.4 Å². The highest BCUT2D eigenvalue weighted by molar-refractivity contribution is 6.03. The molecule has 1 aromatic carbocycles. The Bertz CT molecular complexity index is 625. The van der Waals surface area contributed by atoms with E-state index in [0.717, 1.165) is 37.3 Å². The number of oxime groups is 1. The molecule has 3 rings (SSSR count). The van der Waals surface area contributed by atoms with Gasteiger partial charge in [0.05, 0.1) is 5.71 Å². The lowest BCUT2D eigenvalue weighted by atomic mass is 9.55. The van der Waals surface area contributed by atoms with Gasteiger partial charge in [0.25, 0.3) is 0 Å². The van der Waals surface area contributed by atoms with Crippen LogP contribution in [0.2, 0.25) is 0 Å². The normalized spacial score (nSPS) is 27.4. The first-order valence-corrected chi connectivity index (χ1v) is 9.09. The number of nitrogens with zero attached hydrogens (tertiary/aromatic N) is 1. The summed E-state index contributed by atoms with van der Waals surface area (Å²) in [6.07, 6.45) is 6.90. The van der Waals surface area contributed by atoms with Crippen LogP contribution in [0.3, 0.4) is 0 Å². The van der Waals surface area contributed by atoms with Gasteiger partial charge in [0, 0.05) is 31.1 Å². The van der Waals surface area contributed by atoms with E-state index in [1.807, 2.05) is 6.07 Å². The minimum Gasteiger partial charge on any atom is -0.382 e. The molecule has 1 fully saturated rings. The van der Waals surface area contributed by atoms with Gasteiger partial charge in [-0.25, -0.2) is 4.79 Å². The summed E-state index contributed by atoms with van der Waals surface area (Å²) in [7, 11) is 0. The molecule has 2 aliphatic rings. The van der Waals surface area contributed by atoms with Crippen molar-refractivity contribution in [1.82, 2.24) is 0 Å². The molecule has 0 heterocycles. The fourth-order valence-corrected chi connectivity index (χ4v) is 4.54. The van der Waals surface area contributed by atoms with Crippen LogP contribution in [0.25, 0.3) is 0 Å². The second kappa shape index (κ2) is 7.47. The smallest absolute Gasteiger partial charge is 0.331 e. The first-order valence-electron chi connectivity index (χ1n) is 9.09. The largest absolute Gasteiger partial charge is 0.382 e. The van der Waals surface area contributed by atoms with Gasteiger partial charge in [-0.05, 0) is 44.1 Å². The molecular formula is C20H27NO3. The predicted octanol–water partition coefficient (Wildman–Crippen LogP) is 4.21.